The number of rotatable bonds is 0. The van der Waals surface area contributed by atoms with Crippen LogP contribution in [0.2, 0.25) is 0 Å². The SMILES string of the molecule is Cn1[nH]c(=O)c2cc(C#N)c(=O)[nH]c21. The summed E-state index contributed by atoms with van der Waals surface area (Å²) in [7, 11) is 1.60. The van der Waals surface area contributed by atoms with Gasteiger partial charge in [0.25, 0.3) is 11.1 Å². The largest absolute Gasteiger partial charge is 0.306 e. The molecule has 0 aliphatic rings. The molecule has 0 aliphatic carbocycles. The highest BCUT2D eigenvalue weighted by molar-refractivity contribution is 5.75. The van der Waals surface area contributed by atoms with E-state index >= 15 is 0 Å². The molecule has 6 heteroatoms. The molecule has 2 aromatic heterocycles. The van der Waals surface area contributed by atoms with Gasteiger partial charge in [0, 0.05) is 7.05 Å². The Balaban J connectivity index is 3.06. The van der Waals surface area contributed by atoms with Gasteiger partial charge in [-0.15, -0.1) is 0 Å². The average Bonchev–Trinajstić information content (AvgIpc) is 2.41. The first-order chi connectivity index (χ1) is 6.63. The maximum Gasteiger partial charge on any atom is 0.273 e. The third-order valence-corrected chi connectivity index (χ3v) is 1.99. The lowest BCUT2D eigenvalue weighted by molar-refractivity contribution is 0.772. The number of hydrogen-bond donors (Lipinski definition) is 2. The monoisotopic (exact) mass is 190 g/mol. The minimum Gasteiger partial charge on any atom is -0.306 e. The highest BCUT2D eigenvalue weighted by Crippen LogP contribution is 2.03. The van der Waals surface area contributed by atoms with Crippen molar-refractivity contribution < 1.29 is 0 Å². The van der Waals surface area contributed by atoms with Gasteiger partial charge < -0.3 is 4.98 Å². The summed E-state index contributed by atoms with van der Waals surface area (Å²) < 4.78 is 1.40. The molecule has 0 saturated heterocycles. The third kappa shape index (κ3) is 0.959. The van der Waals surface area contributed by atoms with Crippen LogP contribution in [0.5, 0.6) is 0 Å². The second-order valence-corrected chi connectivity index (χ2v) is 2.89. The fourth-order valence-corrected chi connectivity index (χ4v) is 1.31. The highest BCUT2D eigenvalue weighted by atomic mass is 16.1. The number of H-pyrrole nitrogens is 2. The van der Waals surface area contributed by atoms with Crippen molar-refractivity contribution >= 4 is 11.0 Å². The summed E-state index contributed by atoms with van der Waals surface area (Å²) in [6, 6.07) is 3.00. The minimum absolute atomic E-state index is 0.0609. The second-order valence-electron chi connectivity index (χ2n) is 2.89. The lowest BCUT2D eigenvalue weighted by Gasteiger charge is -1.93. The molecule has 70 valence electrons. The van der Waals surface area contributed by atoms with E-state index in [1.807, 2.05) is 0 Å². The van der Waals surface area contributed by atoms with E-state index in [1.165, 1.54) is 10.7 Å². The number of aromatic nitrogens is 3. The van der Waals surface area contributed by atoms with E-state index in [1.54, 1.807) is 13.1 Å². The number of pyridine rings is 1. The molecule has 6 nitrogen and oxygen atoms in total. The van der Waals surface area contributed by atoms with Crippen LogP contribution in [-0.2, 0) is 7.05 Å². The Hall–Kier alpha value is -2.29. The summed E-state index contributed by atoms with van der Waals surface area (Å²) in [6.45, 7) is 0. The Morgan fingerprint density at radius 1 is 1.43 bits per heavy atom. The van der Waals surface area contributed by atoms with E-state index in [9.17, 15) is 9.59 Å². The van der Waals surface area contributed by atoms with E-state index in [0.717, 1.165) is 0 Å². The molecule has 0 amide bonds. The highest BCUT2D eigenvalue weighted by Gasteiger charge is 2.08. The molecular formula is C8H6N4O2. The Morgan fingerprint density at radius 2 is 2.14 bits per heavy atom. The van der Waals surface area contributed by atoms with Gasteiger partial charge in [-0.05, 0) is 6.07 Å². The molecule has 2 rings (SSSR count). The predicted octanol–water partition coefficient (Wildman–Crippen LogP) is -0.573. The van der Waals surface area contributed by atoms with Crippen molar-refractivity contribution in [1.82, 2.24) is 14.8 Å². The van der Waals surface area contributed by atoms with Crippen LogP contribution in [-0.4, -0.2) is 14.8 Å². The Kier molecular flexibility index (Phi) is 1.54. The minimum atomic E-state index is -0.491. The average molecular weight is 190 g/mol. The van der Waals surface area contributed by atoms with Gasteiger partial charge in [-0.2, -0.15) is 5.26 Å². The van der Waals surface area contributed by atoms with Crippen LogP contribution >= 0.6 is 0 Å². The van der Waals surface area contributed by atoms with Crippen molar-refractivity contribution in [2.75, 3.05) is 0 Å². The van der Waals surface area contributed by atoms with Crippen LogP contribution in [0, 0.1) is 11.3 Å². The lowest BCUT2D eigenvalue weighted by atomic mass is 10.2. The fourth-order valence-electron chi connectivity index (χ4n) is 1.31. The summed E-state index contributed by atoms with van der Waals surface area (Å²) in [5.74, 6) is 0. The molecular weight excluding hydrogens is 184 g/mol. The number of nitriles is 1. The lowest BCUT2D eigenvalue weighted by Crippen LogP contribution is -2.11. The zero-order valence-electron chi connectivity index (χ0n) is 7.29. The van der Waals surface area contributed by atoms with Gasteiger partial charge in [0.05, 0.1) is 5.39 Å². The quantitative estimate of drug-likeness (QED) is 0.582. The number of hydrogen-bond acceptors (Lipinski definition) is 3. The summed E-state index contributed by atoms with van der Waals surface area (Å²) in [5, 5.41) is 11.4. The maximum atomic E-state index is 11.3. The summed E-state index contributed by atoms with van der Waals surface area (Å²) in [6.07, 6.45) is 0. The predicted molar refractivity (Wildman–Crippen MR) is 48.9 cm³/mol. The standard InChI is InChI=1S/C8H6N4O2/c1-12-6-5(8(14)11-12)2-4(3-9)7(13)10-6/h2H,1H3,(H,10,13)(H,11,14). The van der Waals surface area contributed by atoms with E-state index in [0.29, 0.717) is 11.0 Å². The van der Waals surface area contributed by atoms with Gasteiger partial charge in [-0.1, -0.05) is 0 Å². The van der Waals surface area contributed by atoms with Gasteiger partial charge in [0.15, 0.2) is 0 Å². The first-order valence-corrected chi connectivity index (χ1v) is 3.85. The summed E-state index contributed by atoms with van der Waals surface area (Å²) in [4.78, 5) is 24.9. The smallest absolute Gasteiger partial charge is 0.273 e. The van der Waals surface area contributed by atoms with E-state index < -0.39 is 5.56 Å². The maximum absolute atomic E-state index is 11.3. The Bertz CT molecular complexity index is 653. The van der Waals surface area contributed by atoms with Gasteiger partial charge in [-0.3, -0.25) is 19.4 Å². The van der Waals surface area contributed by atoms with Crippen molar-refractivity contribution in [1.29, 1.82) is 5.26 Å². The van der Waals surface area contributed by atoms with Crippen LogP contribution in [0.3, 0.4) is 0 Å². The van der Waals surface area contributed by atoms with Crippen LogP contribution in [0.15, 0.2) is 15.7 Å². The molecule has 0 saturated carbocycles. The molecule has 0 atom stereocenters. The number of nitrogens with zero attached hydrogens (tertiary/aromatic N) is 2. The second kappa shape index (κ2) is 2.60. The van der Waals surface area contributed by atoms with Gasteiger partial charge in [-0.25, -0.2) is 0 Å². The van der Waals surface area contributed by atoms with Crippen molar-refractivity contribution in [3.05, 3.63) is 32.3 Å². The molecule has 0 aliphatic heterocycles. The topological polar surface area (TPSA) is 94.4 Å². The molecule has 0 radical (unpaired) electrons. The molecule has 0 aromatic carbocycles. The summed E-state index contributed by atoms with van der Waals surface area (Å²) >= 11 is 0. The van der Waals surface area contributed by atoms with Gasteiger partial charge >= 0.3 is 0 Å². The van der Waals surface area contributed by atoms with Crippen molar-refractivity contribution in [2.45, 2.75) is 0 Å². The van der Waals surface area contributed by atoms with Crippen LogP contribution < -0.4 is 11.1 Å². The zero-order chi connectivity index (χ0) is 10.3. The van der Waals surface area contributed by atoms with Crippen molar-refractivity contribution in [3.8, 4) is 6.07 Å². The van der Waals surface area contributed by atoms with Crippen LogP contribution in [0.1, 0.15) is 5.56 Å². The summed E-state index contributed by atoms with van der Waals surface area (Å²) in [5.41, 5.74) is -0.488. The molecule has 0 bridgehead atoms. The Morgan fingerprint density at radius 3 is 2.79 bits per heavy atom. The number of fused-ring (bicyclic) bond motifs is 1. The normalized spacial score (nSPS) is 10.3. The first kappa shape index (κ1) is 8.31. The molecule has 0 unspecified atom stereocenters. The van der Waals surface area contributed by atoms with E-state index in [2.05, 4.69) is 10.1 Å². The number of aromatic amines is 2. The fraction of sp³-hybridized carbons (Fsp3) is 0.125. The molecule has 2 aromatic rings. The van der Waals surface area contributed by atoms with E-state index in [-0.39, 0.29) is 11.1 Å². The zero-order valence-corrected chi connectivity index (χ0v) is 7.29. The molecule has 2 heterocycles. The van der Waals surface area contributed by atoms with Gasteiger partial charge in [0.1, 0.15) is 17.3 Å². The Labute approximate surface area is 77.4 Å². The van der Waals surface area contributed by atoms with Crippen molar-refractivity contribution in [3.63, 3.8) is 0 Å². The first-order valence-electron chi connectivity index (χ1n) is 3.85. The third-order valence-electron chi connectivity index (χ3n) is 1.99. The van der Waals surface area contributed by atoms with Crippen LogP contribution in [0.4, 0.5) is 0 Å². The van der Waals surface area contributed by atoms with E-state index in [4.69, 9.17) is 5.26 Å². The molecule has 0 spiro atoms. The molecule has 2 N–H and O–H groups in total. The van der Waals surface area contributed by atoms with Crippen molar-refractivity contribution in [2.24, 2.45) is 7.05 Å². The number of aryl methyl sites for hydroxylation is 1. The molecule has 14 heavy (non-hydrogen) atoms. The molecule has 0 fully saturated rings. The van der Waals surface area contributed by atoms with Crippen LogP contribution in [0.25, 0.3) is 11.0 Å². The van der Waals surface area contributed by atoms with Gasteiger partial charge in [0.2, 0.25) is 0 Å². The number of nitrogens with one attached hydrogen (secondary N) is 2.